The van der Waals surface area contributed by atoms with Crippen LogP contribution >= 0.6 is 11.6 Å². The Bertz CT molecular complexity index is 393. The molecule has 4 heteroatoms. The van der Waals surface area contributed by atoms with Gasteiger partial charge in [0, 0.05) is 18.7 Å². The highest BCUT2D eigenvalue weighted by molar-refractivity contribution is 6.30. The maximum absolute atomic E-state index is 6.22. The van der Waals surface area contributed by atoms with Crippen LogP contribution in [0.1, 0.15) is 53.0 Å². The minimum absolute atomic E-state index is 0.594. The average molecular weight is 298 g/mol. The summed E-state index contributed by atoms with van der Waals surface area (Å²) in [7, 11) is 0. The van der Waals surface area contributed by atoms with Crippen LogP contribution in [0.2, 0.25) is 5.15 Å². The van der Waals surface area contributed by atoms with Crippen LogP contribution in [0.4, 0.5) is 5.82 Å². The van der Waals surface area contributed by atoms with Gasteiger partial charge in [-0.05, 0) is 31.1 Å². The molecule has 0 aliphatic rings. The van der Waals surface area contributed by atoms with E-state index < -0.39 is 0 Å². The van der Waals surface area contributed by atoms with Crippen molar-refractivity contribution in [1.82, 2.24) is 9.97 Å². The predicted molar refractivity (Wildman–Crippen MR) is 87.5 cm³/mol. The van der Waals surface area contributed by atoms with Crippen LogP contribution in [0.15, 0.2) is 6.33 Å². The van der Waals surface area contributed by atoms with Gasteiger partial charge in [-0.25, -0.2) is 9.97 Å². The molecule has 0 radical (unpaired) electrons. The second kappa shape index (κ2) is 8.46. The first-order valence-corrected chi connectivity index (χ1v) is 8.07. The Hall–Kier alpha value is -0.830. The van der Waals surface area contributed by atoms with Gasteiger partial charge in [-0.3, -0.25) is 0 Å². The zero-order valence-electron chi connectivity index (χ0n) is 13.5. The summed E-state index contributed by atoms with van der Waals surface area (Å²) >= 11 is 6.22. The lowest BCUT2D eigenvalue weighted by molar-refractivity contribution is 0.532. The maximum atomic E-state index is 6.22. The summed E-state index contributed by atoms with van der Waals surface area (Å²) in [6.07, 6.45) is 4.79. The van der Waals surface area contributed by atoms with Gasteiger partial charge in [-0.2, -0.15) is 0 Å². The summed E-state index contributed by atoms with van der Waals surface area (Å²) in [6.45, 7) is 13.2. The minimum Gasteiger partial charge on any atom is -0.356 e. The predicted octanol–water partition coefficient (Wildman–Crippen LogP) is 4.59. The van der Waals surface area contributed by atoms with Gasteiger partial charge in [0.2, 0.25) is 0 Å². The fourth-order valence-corrected chi connectivity index (χ4v) is 2.37. The molecule has 114 valence electrons. The summed E-state index contributed by atoms with van der Waals surface area (Å²) in [5.74, 6) is 2.41. The molecule has 0 spiro atoms. The zero-order valence-corrected chi connectivity index (χ0v) is 14.2. The third-order valence-electron chi connectivity index (χ3n) is 3.48. The van der Waals surface area contributed by atoms with Crippen molar-refractivity contribution in [1.29, 1.82) is 0 Å². The quantitative estimate of drug-likeness (QED) is 0.657. The molecule has 0 aliphatic carbocycles. The van der Waals surface area contributed by atoms with Crippen molar-refractivity contribution in [2.75, 3.05) is 18.0 Å². The second-order valence-corrected chi connectivity index (χ2v) is 6.53. The lowest BCUT2D eigenvalue weighted by Gasteiger charge is -2.27. The fourth-order valence-electron chi connectivity index (χ4n) is 2.11. The second-order valence-electron chi connectivity index (χ2n) is 6.17. The van der Waals surface area contributed by atoms with E-state index in [1.54, 1.807) is 6.33 Å². The molecule has 1 aromatic heterocycles. The van der Waals surface area contributed by atoms with Crippen molar-refractivity contribution in [3.8, 4) is 0 Å². The maximum Gasteiger partial charge on any atom is 0.137 e. The molecule has 0 bridgehead atoms. The van der Waals surface area contributed by atoms with Crippen molar-refractivity contribution < 1.29 is 0 Å². The monoisotopic (exact) mass is 297 g/mol. The van der Waals surface area contributed by atoms with Crippen LogP contribution in [0.3, 0.4) is 0 Å². The molecule has 0 aromatic carbocycles. The summed E-state index contributed by atoms with van der Waals surface area (Å²) in [6, 6.07) is 0. The molecule has 0 N–H and O–H groups in total. The molecule has 0 amide bonds. The summed E-state index contributed by atoms with van der Waals surface area (Å²) in [5.41, 5.74) is 1.07. The number of anilines is 1. The van der Waals surface area contributed by atoms with Gasteiger partial charge >= 0.3 is 0 Å². The molecule has 1 rings (SSSR count). The van der Waals surface area contributed by atoms with Gasteiger partial charge in [0.15, 0.2) is 0 Å². The van der Waals surface area contributed by atoms with Crippen molar-refractivity contribution in [2.24, 2.45) is 11.8 Å². The number of rotatable bonds is 8. The molecule has 20 heavy (non-hydrogen) atoms. The molecule has 3 nitrogen and oxygen atoms in total. The Morgan fingerprint density at radius 2 is 1.60 bits per heavy atom. The number of aromatic nitrogens is 2. The van der Waals surface area contributed by atoms with Crippen LogP contribution < -0.4 is 4.90 Å². The third-order valence-corrected chi connectivity index (χ3v) is 3.80. The molecule has 0 atom stereocenters. The van der Waals surface area contributed by atoms with Gasteiger partial charge in [-0.15, -0.1) is 0 Å². The first-order chi connectivity index (χ1) is 9.45. The number of hydrogen-bond acceptors (Lipinski definition) is 3. The van der Waals surface area contributed by atoms with E-state index in [4.69, 9.17) is 11.6 Å². The first kappa shape index (κ1) is 17.2. The molecule has 1 heterocycles. The average Bonchev–Trinajstić information content (AvgIpc) is 2.38. The molecular weight excluding hydrogens is 270 g/mol. The van der Waals surface area contributed by atoms with E-state index in [0.717, 1.165) is 30.9 Å². The Labute approximate surface area is 128 Å². The Morgan fingerprint density at radius 1 is 1.05 bits per heavy atom. The standard InChI is InChI=1S/C16H28ClN3/c1-6-14-15(17)18-11-19-16(14)20(9-7-12(2)3)10-8-13(4)5/h11-13H,6-10H2,1-5H3. The molecule has 1 aromatic rings. The number of nitrogens with zero attached hydrogens (tertiary/aromatic N) is 3. The highest BCUT2D eigenvalue weighted by Crippen LogP contribution is 2.25. The Kier molecular flexibility index (Phi) is 7.28. The minimum atomic E-state index is 0.594. The van der Waals surface area contributed by atoms with E-state index >= 15 is 0 Å². The normalized spacial score (nSPS) is 11.4. The molecule has 0 aliphatic heterocycles. The van der Waals surface area contributed by atoms with E-state index in [-0.39, 0.29) is 0 Å². The molecule has 0 unspecified atom stereocenters. The summed E-state index contributed by atoms with van der Waals surface area (Å²) < 4.78 is 0. The molecule has 0 saturated heterocycles. The highest BCUT2D eigenvalue weighted by atomic mass is 35.5. The van der Waals surface area contributed by atoms with Crippen LogP contribution in [0, 0.1) is 11.8 Å². The van der Waals surface area contributed by atoms with E-state index in [1.165, 1.54) is 12.8 Å². The largest absolute Gasteiger partial charge is 0.356 e. The highest BCUT2D eigenvalue weighted by Gasteiger charge is 2.16. The summed E-state index contributed by atoms with van der Waals surface area (Å²) in [4.78, 5) is 11.0. The lowest BCUT2D eigenvalue weighted by Crippen LogP contribution is -2.29. The smallest absolute Gasteiger partial charge is 0.137 e. The molecule has 0 saturated carbocycles. The topological polar surface area (TPSA) is 29.0 Å². The number of hydrogen-bond donors (Lipinski definition) is 0. The van der Waals surface area contributed by atoms with E-state index in [0.29, 0.717) is 17.0 Å². The lowest BCUT2D eigenvalue weighted by atomic mass is 10.1. The number of halogens is 1. The van der Waals surface area contributed by atoms with Crippen molar-refractivity contribution >= 4 is 17.4 Å². The van der Waals surface area contributed by atoms with Gasteiger partial charge in [0.05, 0.1) is 0 Å². The summed E-state index contributed by atoms with van der Waals surface area (Å²) in [5, 5.41) is 0.594. The van der Waals surface area contributed by atoms with Gasteiger partial charge < -0.3 is 4.90 Å². The van der Waals surface area contributed by atoms with E-state index in [2.05, 4.69) is 49.5 Å². The molecule has 0 fully saturated rings. The van der Waals surface area contributed by atoms with Gasteiger partial charge in [0.1, 0.15) is 17.3 Å². The van der Waals surface area contributed by atoms with Gasteiger partial charge in [0.25, 0.3) is 0 Å². The zero-order chi connectivity index (χ0) is 15.1. The van der Waals surface area contributed by atoms with E-state index in [9.17, 15) is 0 Å². The van der Waals surface area contributed by atoms with Crippen LogP contribution in [-0.2, 0) is 6.42 Å². The fraction of sp³-hybridized carbons (Fsp3) is 0.750. The van der Waals surface area contributed by atoms with E-state index in [1.807, 2.05) is 0 Å². The van der Waals surface area contributed by atoms with Gasteiger partial charge in [-0.1, -0.05) is 46.2 Å². The Morgan fingerprint density at radius 3 is 2.05 bits per heavy atom. The SMILES string of the molecule is CCc1c(Cl)ncnc1N(CCC(C)C)CCC(C)C. The van der Waals surface area contributed by atoms with Crippen LogP contribution in [0.5, 0.6) is 0 Å². The van der Waals surface area contributed by atoms with Crippen LogP contribution in [-0.4, -0.2) is 23.1 Å². The van der Waals surface area contributed by atoms with Crippen LogP contribution in [0.25, 0.3) is 0 Å². The molecular formula is C16H28ClN3. The first-order valence-electron chi connectivity index (χ1n) is 7.70. The Balaban J connectivity index is 2.93. The van der Waals surface area contributed by atoms with Crippen molar-refractivity contribution in [2.45, 2.75) is 53.9 Å². The van der Waals surface area contributed by atoms with Crippen molar-refractivity contribution in [3.63, 3.8) is 0 Å². The third kappa shape index (κ3) is 5.28. The van der Waals surface area contributed by atoms with Crippen molar-refractivity contribution in [3.05, 3.63) is 17.0 Å².